The molecule has 0 fully saturated rings. The lowest BCUT2D eigenvalue weighted by Gasteiger charge is -2.10. The molecule has 0 saturated carbocycles. The quantitative estimate of drug-likeness (QED) is 0.405. The number of aryl methyl sites for hydroxylation is 1. The summed E-state index contributed by atoms with van der Waals surface area (Å²) in [7, 11) is 0. The first-order valence-corrected chi connectivity index (χ1v) is 9.49. The van der Waals surface area contributed by atoms with Crippen molar-refractivity contribution in [2.75, 3.05) is 0 Å². The van der Waals surface area contributed by atoms with Crippen LogP contribution in [0.3, 0.4) is 0 Å². The van der Waals surface area contributed by atoms with Gasteiger partial charge in [0.1, 0.15) is 11.6 Å². The van der Waals surface area contributed by atoms with E-state index in [0.717, 1.165) is 33.2 Å². The fraction of sp³-hybridized carbons (Fsp3) is 0.0952. The zero-order valence-corrected chi connectivity index (χ0v) is 15.7. The minimum Gasteiger partial charge on any atom is -0.303 e. The molecule has 2 nitrogen and oxygen atoms in total. The second-order valence-corrected chi connectivity index (χ2v) is 7.50. The zero-order chi connectivity index (χ0) is 18.1. The average Bonchev–Trinajstić information content (AvgIpc) is 3.29. The summed E-state index contributed by atoms with van der Waals surface area (Å²) in [4.78, 5) is 5.94. The van der Waals surface area contributed by atoms with Crippen molar-refractivity contribution in [3.8, 4) is 16.3 Å². The molecule has 0 unspecified atom stereocenters. The van der Waals surface area contributed by atoms with Crippen LogP contribution in [0.15, 0.2) is 66.2 Å². The predicted octanol–water partition coefficient (Wildman–Crippen LogP) is 6.29. The molecule has 0 spiro atoms. The van der Waals surface area contributed by atoms with Gasteiger partial charge in [-0.1, -0.05) is 23.7 Å². The molecule has 2 heterocycles. The maximum absolute atomic E-state index is 13.7. The number of imidazole rings is 1. The van der Waals surface area contributed by atoms with Crippen LogP contribution in [0.25, 0.3) is 16.3 Å². The van der Waals surface area contributed by atoms with E-state index in [1.807, 2.05) is 48.8 Å². The van der Waals surface area contributed by atoms with Gasteiger partial charge in [0.2, 0.25) is 0 Å². The Balaban J connectivity index is 1.81. The Labute approximate surface area is 160 Å². The molecule has 0 N–H and O–H groups in total. The third-order valence-corrected chi connectivity index (χ3v) is 5.46. The number of aromatic nitrogens is 2. The molecule has 4 rings (SSSR count). The molecule has 5 heteroatoms. The van der Waals surface area contributed by atoms with Crippen molar-refractivity contribution in [3.63, 3.8) is 0 Å². The second kappa shape index (κ2) is 7.06. The summed E-state index contributed by atoms with van der Waals surface area (Å²) in [6.07, 6.45) is 2.58. The van der Waals surface area contributed by atoms with Gasteiger partial charge in [-0.25, -0.2) is 9.37 Å². The number of nitrogens with zero attached hydrogens (tertiary/aromatic N) is 2. The lowest BCUT2D eigenvalue weighted by Crippen LogP contribution is -2.03. The maximum Gasteiger partial charge on any atom is 0.123 e. The minimum absolute atomic E-state index is 0.228. The molecule has 0 aliphatic rings. The highest BCUT2D eigenvalue weighted by molar-refractivity contribution is 7.13. The summed E-state index contributed by atoms with van der Waals surface area (Å²) in [6, 6.07) is 16.6. The van der Waals surface area contributed by atoms with E-state index in [1.165, 1.54) is 6.07 Å². The lowest BCUT2D eigenvalue weighted by molar-refractivity contribution is 0.625. The van der Waals surface area contributed by atoms with Gasteiger partial charge < -0.3 is 4.57 Å². The van der Waals surface area contributed by atoms with Crippen molar-refractivity contribution >= 4 is 22.9 Å². The van der Waals surface area contributed by atoms with Gasteiger partial charge in [0.05, 0.1) is 10.6 Å². The van der Waals surface area contributed by atoms with Crippen LogP contribution in [0.5, 0.6) is 0 Å². The lowest BCUT2D eigenvalue weighted by atomic mass is 10.1. The monoisotopic (exact) mass is 382 g/mol. The molecule has 4 aromatic rings. The largest absolute Gasteiger partial charge is 0.303 e. The SMILES string of the molecule is Cc1ccc(F)cc1Cc1nc(-c2cccs2)cn1-c1ccc(Cl)cc1. The van der Waals surface area contributed by atoms with Crippen molar-refractivity contribution in [2.45, 2.75) is 13.3 Å². The first-order valence-electron chi connectivity index (χ1n) is 8.23. The molecule has 0 amide bonds. The molecule has 26 heavy (non-hydrogen) atoms. The van der Waals surface area contributed by atoms with Crippen LogP contribution in [0, 0.1) is 12.7 Å². The first kappa shape index (κ1) is 17.0. The molecule has 0 saturated heterocycles. The van der Waals surface area contributed by atoms with E-state index in [4.69, 9.17) is 16.6 Å². The van der Waals surface area contributed by atoms with Crippen molar-refractivity contribution in [1.29, 1.82) is 0 Å². The van der Waals surface area contributed by atoms with Gasteiger partial charge >= 0.3 is 0 Å². The average molecular weight is 383 g/mol. The van der Waals surface area contributed by atoms with Gasteiger partial charge in [-0.15, -0.1) is 11.3 Å². The number of benzene rings is 2. The van der Waals surface area contributed by atoms with Gasteiger partial charge in [-0.05, 0) is 65.9 Å². The van der Waals surface area contributed by atoms with Gasteiger partial charge in [-0.2, -0.15) is 0 Å². The molecule has 0 atom stereocenters. The van der Waals surface area contributed by atoms with Crippen LogP contribution in [0.1, 0.15) is 17.0 Å². The van der Waals surface area contributed by atoms with Gasteiger partial charge in [0, 0.05) is 23.3 Å². The molecule has 2 aromatic carbocycles. The molecule has 130 valence electrons. The molecule has 2 aromatic heterocycles. The van der Waals surface area contributed by atoms with E-state index in [-0.39, 0.29) is 5.82 Å². The van der Waals surface area contributed by atoms with E-state index in [2.05, 4.69) is 10.6 Å². The molecule has 0 radical (unpaired) electrons. The Morgan fingerprint density at radius 2 is 1.92 bits per heavy atom. The first-order chi connectivity index (χ1) is 12.6. The van der Waals surface area contributed by atoms with E-state index in [1.54, 1.807) is 23.5 Å². The highest BCUT2D eigenvalue weighted by Crippen LogP contribution is 2.27. The summed E-state index contributed by atoms with van der Waals surface area (Å²) in [5.74, 6) is 0.637. The van der Waals surface area contributed by atoms with Crippen LogP contribution in [-0.4, -0.2) is 9.55 Å². The third-order valence-electron chi connectivity index (χ3n) is 4.32. The summed E-state index contributed by atoms with van der Waals surface area (Å²) < 4.78 is 15.8. The number of rotatable bonds is 4. The summed E-state index contributed by atoms with van der Waals surface area (Å²) in [5, 5.41) is 2.72. The van der Waals surface area contributed by atoms with Gasteiger partial charge in [0.15, 0.2) is 0 Å². The molecule has 0 aliphatic carbocycles. The van der Waals surface area contributed by atoms with Crippen molar-refractivity contribution in [1.82, 2.24) is 9.55 Å². The standard InChI is InChI=1S/C21H16ClFN2S/c1-14-4-7-17(23)11-15(14)12-21-24-19(20-3-2-10-26-20)13-25(21)18-8-5-16(22)6-9-18/h2-11,13H,12H2,1H3. The Bertz CT molecular complexity index is 1040. The van der Waals surface area contributed by atoms with Crippen LogP contribution in [0.2, 0.25) is 5.02 Å². The topological polar surface area (TPSA) is 17.8 Å². The van der Waals surface area contributed by atoms with Gasteiger partial charge in [-0.3, -0.25) is 0 Å². The Hall–Kier alpha value is -2.43. The van der Waals surface area contributed by atoms with Crippen LogP contribution in [-0.2, 0) is 6.42 Å². The van der Waals surface area contributed by atoms with E-state index < -0.39 is 0 Å². The summed E-state index contributed by atoms with van der Waals surface area (Å²) >= 11 is 7.68. The minimum atomic E-state index is -0.228. The fourth-order valence-corrected chi connectivity index (χ4v) is 3.72. The highest BCUT2D eigenvalue weighted by atomic mass is 35.5. The highest BCUT2D eigenvalue weighted by Gasteiger charge is 2.14. The second-order valence-electron chi connectivity index (χ2n) is 6.11. The number of hydrogen-bond donors (Lipinski definition) is 0. The van der Waals surface area contributed by atoms with E-state index in [0.29, 0.717) is 11.4 Å². The Kier molecular flexibility index (Phi) is 4.62. The normalized spacial score (nSPS) is 11.0. The summed E-state index contributed by atoms with van der Waals surface area (Å²) in [5.41, 5.74) is 3.88. The number of thiophene rings is 1. The maximum atomic E-state index is 13.7. The predicted molar refractivity (Wildman–Crippen MR) is 106 cm³/mol. The van der Waals surface area contributed by atoms with Crippen LogP contribution < -0.4 is 0 Å². The third kappa shape index (κ3) is 3.43. The van der Waals surface area contributed by atoms with Crippen molar-refractivity contribution < 1.29 is 4.39 Å². The molecule has 0 bridgehead atoms. The molecular formula is C21H16ClFN2S. The van der Waals surface area contributed by atoms with Crippen LogP contribution >= 0.6 is 22.9 Å². The number of halogens is 2. The smallest absolute Gasteiger partial charge is 0.123 e. The number of hydrogen-bond acceptors (Lipinski definition) is 2. The van der Waals surface area contributed by atoms with Gasteiger partial charge in [0.25, 0.3) is 0 Å². The summed E-state index contributed by atoms with van der Waals surface area (Å²) in [6.45, 7) is 1.99. The van der Waals surface area contributed by atoms with Crippen molar-refractivity contribution in [3.05, 3.63) is 94.0 Å². The van der Waals surface area contributed by atoms with Crippen LogP contribution in [0.4, 0.5) is 4.39 Å². The Morgan fingerprint density at radius 3 is 2.65 bits per heavy atom. The van der Waals surface area contributed by atoms with Crippen molar-refractivity contribution in [2.24, 2.45) is 0 Å². The van der Waals surface area contributed by atoms with E-state index in [9.17, 15) is 4.39 Å². The molecular weight excluding hydrogens is 367 g/mol. The zero-order valence-electron chi connectivity index (χ0n) is 14.1. The fourth-order valence-electron chi connectivity index (χ4n) is 2.91. The molecule has 0 aliphatic heterocycles. The van der Waals surface area contributed by atoms with E-state index >= 15 is 0 Å². The Morgan fingerprint density at radius 1 is 1.12 bits per heavy atom.